The van der Waals surface area contributed by atoms with E-state index in [1.807, 2.05) is 49.4 Å². The number of ether oxygens (including phenoxy) is 3. The van der Waals surface area contributed by atoms with Crippen LogP contribution >= 0.6 is 0 Å². The van der Waals surface area contributed by atoms with Gasteiger partial charge < -0.3 is 23.7 Å². The number of aromatic nitrogens is 1. The Labute approximate surface area is 245 Å². The van der Waals surface area contributed by atoms with Crippen LogP contribution in [0.1, 0.15) is 23.9 Å². The number of carboxylic acid groups (broad SMARTS) is 1. The molecule has 0 amide bonds. The van der Waals surface area contributed by atoms with Crippen molar-refractivity contribution in [2.45, 2.75) is 32.3 Å². The van der Waals surface area contributed by atoms with Gasteiger partial charge in [-0.05, 0) is 66.9 Å². The molecule has 7 nitrogen and oxygen atoms in total. The van der Waals surface area contributed by atoms with Crippen molar-refractivity contribution in [3.8, 4) is 39.8 Å². The summed E-state index contributed by atoms with van der Waals surface area (Å²) in [5, 5.41) is 9.92. The van der Waals surface area contributed by atoms with E-state index in [1.54, 1.807) is 50.4 Å². The highest BCUT2D eigenvalue weighted by Gasteiger charge is 2.36. The molecule has 1 aromatic heterocycles. The molecule has 1 N–H and O–H groups in total. The summed E-state index contributed by atoms with van der Waals surface area (Å²) < 4.78 is 23.4. The van der Waals surface area contributed by atoms with Crippen LogP contribution < -0.4 is 14.2 Å². The molecule has 0 unspecified atom stereocenters. The van der Waals surface area contributed by atoms with Gasteiger partial charge in [0, 0.05) is 18.4 Å². The smallest absolute Gasteiger partial charge is 0.348 e. The fourth-order valence-corrected chi connectivity index (χ4v) is 4.71. The molecule has 0 fully saturated rings. The van der Waals surface area contributed by atoms with Gasteiger partial charge >= 0.3 is 5.97 Å². The van der Waals surface area contributed by atoms with E-state index in [4.69, 9.17) is 23.6 Å². The molecule has 1 atom stereocenters. The number of carbonyl (C=O) groups is 1. The van der Waals surface area contributed by atoms with Crippen LogP contribution in [-0.4, -0.2) is 35.4 Å². The van der Waals surface area contributed by atoms with Crippen molar-refractivity contribution in [3.05, 3.63) is 120 Å². The molecule has 42 heavy (non-hydrogen) atoms. The van der Waals surface area contributed by atoms with Crippen molar-refractivity contribution in [1.29, 1.82) is 0 Å². The van der Waals surface area contributed by atoms with E-state index in [0.717, 1.165) is 33.7 Å². The van der Waals surface area contributed by atoms with Gasteiger partial charge in [0.2, 0.25) is 11.5 Å². The number of hydrogen-bond donors (Lipinski definition) is 1. The number of methoxy groups -OCH3 is 1. The molecular formula is C35H33NO6. The second-order valence-corrected chi connectivity index (χ2v) is 10.2. The van der Waals surface area contributed by atoms with Gasteiger partial charge in [0.05, 0.1) is 19.4 Å². The Morgan fingerprint density at radius 1 is 0.857 bits per heavy atom. The summed E-state index contributed by atoms with van der Waals surface area (Å²) in [4.78, 5) is 16.8. The van der Waals surface area contributed by atoms with E-state index in [2.05, 4.69) is 24.3 Å². The zero-order valence-electron chi connectivity index (χ0n) is 23.9. The lowest BCUT2D eigenvalue weighted by Gasteiger charge is -2.27. The van der Waals surface area contributed by atoms with E-state index in [-0.39, 0.29) is 6.42 Å². The normalized spacial score (nSPS) is 12.4. The highest BCUT2D eigenvalue weighted by Crippen LogP contribution is 2.32. The number of rotatable bonds is 12. The Hall–Kier alpha value is -5.04. The number of benzene rings is 4. The molecule has 0 saturated heterocycles. The number of aliphatic carboxylic acids is 1. The Kier molecular flexibility index (Phi) is 8.58. The van der Waals surface area contributed by atoms with Gasteiger partial charge in [-0.25, -0.2) is 9.78 Å². The van der Waals surface area contributed by atoms with E-state index < -0.39 is 11.6 Å². The van der Waals surface area contributed by atoms with Crippen LogP contribution in [0.5, 0.6) is 17.2 Å². The summed E-state index contributed by atoms with van der Waals surface area (Å²) in [5.74, 6) is 1.82. The molecule has 1 heterocycles. The first-order valence-corrected chi connectivity index (χ1v) is 13.7. The highest BCUT2D eigenvalue weighted by atomic mass is 16.5. The number of oxazole rings is 1. The third-order valence-electron chi connectivity index (χ3n) is 7.04. The van der Waals surface area contributed by atoms with E-state index in [1.165, 1.54) is 0 Å². The third-order valence-corrected chi connectivity index (χ3v) is 7.04. The molecule has 0 aliphatic carbocycles. The van der Waals surface area contributed by atoms with Gasteiger partial charge in [-0.1, -0.05) is 66.7 Å². The monoisotopic (exact) mass is 563 g/mol. The largest absolute Gasteiger partial charge is 0.493 e. The fourth-order valence-electron chi connectivity index (χ4n) is 4.71. The van der Waals surface area contributed by atoms with Crippen LogP contribution in [0.3, 0.4) is 0 Å². The highest BCUT2D eigenvalue weighted by molar-refractivity contribution is 5.78. The minimum atomic E-state index is -1.46. The average Bonchev–Trinajstić information content (AvgIpc) is 3.38. The van der Waals surface area contributed by atoms with Crippen molar-refractivity contribution in [3.63, 3.8) is 0 Å². The number of hydrogen-bond acceptors (Lipinski definition) is 6. The minimum Gasteiger partial charge on any atom is -0.493 e. The van der Waals surface area contributed by atoms with Crippen LogP contribution in [0.4, 0.5) is 0 Å². The van der Waals surface area contributed by atoms with Crippen LogP contribution in [0, 0.1) is 6.92 Å². The van der Waals surface area contributed by atoms with Gasteiger partial charge in [0.1, 0.15) is 11.5 Å². The van der Waals surface area contributed by atoms with Crippen molar-refractivity contribution >= 4 is 5.97 Å². The van der Waals surface area contributed by atoms with Gasteiger partial charge in [0.15, 0.2) is 11.5 Å². The second kappa shape index (κ2) is 12.6. The topological polar surface area (TPSA) is 91.0 Å². The molecule has 0 radical (unpaired) electrons. The Morgan fingerprint density at radius 2 is 1.50 bits per heavy atom. The van der Waals surface area contributed by atoms with E-state index in [9.17, 15) is 9.90 Å². The molecule has 5 aromatic rings. The van der Waals surface area contributed by atoms with Gasteiger partial charge in [-0.2, -0.15) is 0 Å². The van der Waals surface area contributed by atoms with Gasteiger partial charge in [-0.3, -0.25) is 0 Å². The molecule has 0 bridgehead atoms. The summed E-state index contributed by atoms with van der Waals surface area (Å²) in [6, 6.07) is 32.7. The zero-order chi connectivity index (χ0) is 29.5. The predicted molar refractivity (Wildman–Crippen MR) is 161 cm³/mol. The van der Waals surface area contributed by atoms with Crippen molar-refractivity contribution in [2.75, 3.05) is 13.7 Å². The maximum Gasteiger partial charge on any atom is 0.348 e. The molecule has 0 aliphatic heterocycles. The number of para-hydroxylation sites is 1. The van der Waals surface area contributed by atoms with Gasteiger partial charge in [-0.15, -0.1) is 0 Å². The maximum absolute atomic E-state index is 12.1. The third kappa shape index (κ3) is 6.63. The summed E-state index contributed by atoms with van der Waals surface area (Å²) >= 11 is 0. The molecule has 7 heteroatoms. The predicted octanol–water partition coefficient (Wildman–Crippen LogP) is 7.41. The Morgan fingerprint density at radius 3 is 2.17 bits per heavy atom. The molecule has 4 aromatic carbocycles. The SMILES string of the molecule is COc1cc(C[C@@](C)(Oc2ccccc2)C(=O)O)ccc1OCCc1nc(-c2ccc(-c3ccccc3)cc2)oc1C. The standard InChI is InChI=1S/C35H33NO6/c1-24-30(36-33(41-24)28-17-15-27(16-18-28)26-10-6-4-7-11-26)20-21-40-31-19-14-25(22-32(31)39-3)23-35(2,34(37)38)42-29-12-8-5-9-13-29/h4-19,22H,20-21,23H2,1-3H3,(H,37,38)/t35-/m1/s1. The van der Waals surface area contributed by atoms with Gasteiger partial charge in [0.25, 0.3) is 0 Å². The Balaban J connectivity index is 1.22. The molecule has 0 saturated carbocycles. The van der Waals surface area contributed by atoms with Crippen molar-refractivity contribution in [2.24, 2.45) is 0 Å². The molecule has 0 aliphatic rings. The zero-order valence-corrected chi connectivity index (χ0v) is 23.9. The summed E-state index contributed by atoms with van der Waals surface area (Å²) in [7, 11) is 1.56. The van der Waals surface area contributed by atoms with Crippen molar-refractivity contribution in [1.82, 2.24) is 4.98 Å². The number of nitrogens with zero attached hydrogens (tertiary/aromatic N) is 1. The summed E-state index contributed by atoms with van der Waals surface area (Å²) in [5.41, 5.74) is 3.31. The lowest BCUT2D eigenvalue weighted by Crippen LogP contribution is -2.43. The summed E-state index contributed by atoms with van der Waals surface area (Å²) in [6.45, 7) is 3.82. The number of aryl methyl sites for hydroxylation is 1. The average molecular weight is 564 g/mol. The summed E-state index contributed by atoms with van der Waals surface area (Å²) in [6.07, 6.45) is 0.686. The minimum absolute atomic E-state index is 0.140. The van der Waals surface area contributed by atoms with Crippen molar-refractivity contribution < 1.29 is 28.5 Å². The van der Waals surface area contributed by atoms with Crippen LogP contribution in [0.15, 0.2) is 108 Å². The first-order chi connectivity index (χ1) is 20.3. The van der Waals surface area contributed by atoms with E-state index in [0.29, 0.717) is 36.2 Å². The number of carboxylic acids is 1. The quantitative estimate of drug-likeness (QED) is 0.169. The first-order valence-electron chi connectivity index (χ1n) is 13.7. The Bertz CT molecular complexity index is 1630. The molecule has 0 spiro atoms. The maximum atomic E-state index is 12.1. The van der Waals surface area contributed by atoms with Crippen LogP contribution in [-0.2, 0) is 17.6 Å². The molecule has 214 valence electrons. The molecule has 5 rings (SSSR count). The lowest BCUT2D eigenvalue weighted by atomic mass is 9.96. The van der Waals surface area contributed by atoms with Crippen LogP contribution in [0.25, 0.3) is 22.6 Å². The fraction of sp³-hybridized carbons (Fsp3) is 0.200. The van der Waals surface area contributed by atoms with E-state index >= 15 is 0 Å². The second-order valence-electron chi connectivity index (χ2n) is 10.2. The first kappa shape index (κ1) is 28.5. The molecular weight excluding hydrogens is 530 g/mol. The lowest BCUT2D eigenvalue weighted by molar-refractivity contribution is -0.153. The van der Waals surface area contributed by atoms with Crippen LogP contribution in [0.2, 0.25) is 0 Å².